The molecule has 0 bridgehead atoms. The van der Waals surface area contributed by atoms with Gasteiger partial charge in [-0.15, -0.1) is 0 Å². The Hall–Kier alpha value is -1.32. The number of nitrogens with two attached hydrogens (primary N) is 1. The number of nitrogens with zero attached hydrogens (tertiary/aromatic N) is 2. The van der Waals surface area contributed by atoms with Crippen LogP contribution in [0.4, 0.5) is 0 Å². The van der Waals surface area contributed by atoms with Crippen molar-refractivity contribution in [2.24, 2.45) is 10.7 Å². The minimum absolute atomic E-state index is 0.148. The summed E-state index contributed by atoms with van der Waals surface area (Å²) in [5, 5.41) is 0.749. The molecular weight excluding hydrogens is 210 g/mol. The maximum atomic E-state index is 5.86. The second-order valence-corrected chi connectivity index (χ2v) is 3.82. The maximum absolute atomic E-state index is 5.86. The SMILES string of the molecule is NC1C=NC=CN1Cc1ccc(Cl)cc1. The van der Waals surface area contributed by atoms with Crippen molar-refractivity contribution in [2.45, 2.75) is 12.7 Å². The van der Waals surface area contributed by atoms with E-state index in [9.17, 15) is 0 Å². The molecular formula is C11H12ClN3. The van der Waals surface area contributed by atoms with Crippen LogP contribution < -0.4 is 5.73 Å². The predicted octanol–water partition coefficient (Wildman–Crippen LogP) is 1.98. The zero-order valence-corrected chi connectivity index (χ0v) is 8.93. The summed E-state index contributed by atoms with van der Waals surface area (Å²) < 4.78 is 0. The van der Waals surface area contributed by atoms with Gasteiger partial charge in [0.25, 0.3) is 0 Å². The van der Waals surface area contributed by atoms with Crippen molar-refractivity contribution in [3.05, 3.63) is 47.3 Å². The molecule has 1 heterocycles. The van der Waals surface area contributed by atoms with Gasteiger partial charge in [-0.25, -0.2) is 0 Å². The molecule has 15 heavy (non-hydrogen) atoms. The fourth-order valence-electron chi connectivity index (χ4n) is 1.41. The zero-order chi connectivity index (χ0) is 10.7. The first-order valence-electron chi connectivity index (χ1n) is 4.71. The van der Waals surface area contributed by atoms with Gasteiger partial charge < -0.3 is 10.6 Å². The Bertz CT molecular complexity index is 383. The summed E-state index contributed by atoms with van der Waals surface area (Å²) in [7, 11) is 0. The first-order valence-corrected chi connectivity index (χ1v) is 5.09. The van der Waals surface area contributed by atoms with E-state index in [1.54, 1.807) is 12.4 Å². The highest BCUT2D eigenvalue weighted by atomic mass is 35.5. The molecule has 1 aromatic carbocycles. The molecule has 78 valence electrons. The van der Waals surface area contributed by atoms with E-state index >= 15 is 0 Å². The predicted molar refractivity (Wildman–Crippen MR) is 62.6 cm³/mol. The van der Waals surface area contributed by atoms with E-state index in [1.165, 1.54) is 5.56 Å². The molecule has 1 aliphatic heterocycles. The highest BCUT2D eigenvalue weighted by Gasteiger charge is 2.10. The molecule has 0 saturated carbocycles. The Morgan fingerprint density at radius 3 is 2.73 bits per heavy atom. The van der Waals surface area contributed by atoms with Gasteiger partial charge in [0.05, 0.1) is 0 Å². The van der Waals surface area contributed by atoms with Gasteiger partial charge in [0.2, 0.25) is 0 Å². The first-order chi connectivity index (χ1) is 7.25. The van der Waals surface area contributed by atoms with Crippen molar-refractivity contribution >= 4 is 17.8 Å². The molecule has 3 nitrogen and oxygen atoms in total. The van der Waals surface area contributed by atoms with Crippen LogP contribution in [0.25, 0.3) is 0 Å². The molecule has 4 heteroatoms. The van der Waals surface area contributed by atoms with Crippen molar-refractivity contribution in [1.82, 2.24) is 4.90 Å². The van der Waals surface area contributed by atoms with E-state index in [-0.39, 0.29) is 6.17 Å². The number of rotatable bonds is 2. The fourth-order valence-corrected chi connectivity index (χ4v) is 1.53. The van der Waals surface area contributed by atoms with Gasteiger partial charge in [0, 0.05) is 30.2 Å². The van der Waals surface area contributed by atoms with E-state index in [1.807, 2.05) is 35.4 Å². The third-order valence-electron chi connectivity index (χ3n) is 2.24. The molecule has 2 rings (SSSR count). The van der Waals surface area contributed by atoms with Gasteiger partial charge in [-0.05, 0) is 17.7 Å². The first kappa shape index (κ1) is 10.2. The molecule has 0 amide bonds. The van der Waals surface area contributed by atoms with Gasteiger partial charge in [-0.3, -0.25) is 4.99 Å². The van der Waals surface area contributed by atoms with E-state index < -0.39 is 0 Å². The molecule has 1 unspecified atom stereocenters. The summed E-state index contributed by atoms with van der Waals surface area (Å²) >= 11 is 5.81. The largest absolute Gasteiger partial charge is 0.352 e. The van der Waals surface area contributed by atoms with Gasteiger partial charge in [-0.1, -0.05) is 23.7 Å². The minimum atomic E-state index is -0.148. The summed E-state index contributed by atoms with van der Waals surface area (Å²) in [5.74, 6) is 0. The highest BCUT2D eigenvalue weighted by molar-refractivity contribution is 6.30. The summed E-state index contributed by atoms with van der Waals surface area (Å²) in [6, 6.07) is 7.75. The molecule has 1 aromatic rings. The Kier molecular flexibility index (Phi) is 3.04. The lowest BCUT2D eigenvalue weighted by Gasteiger charge is -2.26. The number of halogens is 1. The maximum Gasteiger partial charge on any atom is 0.113 e. The molecule has 1 atom stereocenters. The van der Waals surface area contributed by atoms with Crippen LogP contribution in [-0.4, -0.2) is 17.3 Å². The average molecular weight is 222 g/mol. The third-order valence-corrected chi connectivity index (χ3v) is 2.50. The van der Waals surface area contributed by atoms with Gasteiger partial charge in [-0.2, -0.15) is 0 Å². The van der Waals surface area contributed by atoms with Crippen LogP contribution in [0.2, 0.25) is 5.02 Å². The van der Waals surface area contributed by atoms with Crippen molar-refractivity contribution in [1.29, 1.82) is 0 Å². The molecule has 1 aliphatic rings. The molecule has 0 aliphatic carbocycles. The van der Waals surface area contributed by atoms with Crippen molar-refractivity contribution in [3.8, 4) is 0 Å². The van der Waals surface area contributed by atoms with E-state index in [0.717, 1.165) is 11.6 Å². The minimum Gasteiger partial charge on any atom is -0.352 e. The smallest absolute Gasteiger partial charge is 0.113 e. The summed E-state index contributed by atoms with van der Waals surface area (Å²) in [4.78, 5) is 5.98. The van der Waals surface area contributed by atoms with Crippen LogP contribution in [0.15, 0.2) is 41.7 Å². The summed E-state index contributed by atoms with van der Waals surface area (Å²) in [6.45, 7) is 0.765. The van der Waals surface area contributed by atoms with Crippen LogP contribution in [0.5, 0.6) is 0 Å². The van der Waals surface area contributed by atoms with Crippen LogP contribution in [0, 0.1) is 0 Å². The topological polar surface area (TPSA) is 41.6 Å². The van der Waals surface area contributed by atoms with E-state index in [4.69, 9.17) is 17.3 Å². The second-order valence-electron chi connectivity index (χ2n) is 3.39. The van der Waals surface area contributed by atoms with Crippen molar-refractivity contribution in [3.63, 3.8) is 0 Å². The summed E-state index contributed by atoms with van der Waals surface area (Å²) in [5.41, 5.74) is 7.03. The lowest BCUT2D eigenvalue weighted by Crippen LogP contribution is -2.40. The standard InChI is InChI=1S/C11H12ClN3/c12-10-3-1-9(2-4-10)8-15-6-5-14-7-11(15)13/h1-7,11H,8,13H2. The Morgan fingerprint density at radius 1 is 1.33 bits per heavy atom. The van der Waals surface area contributed by atoms with Gasteiger partial charge in [0.1, 0.15) is 6.17 Å². The molecule has 0 fully saturated rings. The summed E-state index contributed by atoms with van der Waals surface area (Å²) in [6.07, 6.45) is 5.19. The lowest BCUT2D eigenvalue weighted by molar-refractivity contribution is 0.333. The van der Waals surface area contributed by atoms with Crippen molar-refractivity contribution < 1.29 is 0 Å². The zero-order valence-electron chi connectivity index (χ0n) is 8.18. The average Bonchev–Trinajstić information content (AvgIpc) is 2.25. The van der Waals surface area contributed by atoms with E-state index in [2.05, 4.69) is 4.99 Å². The quantitative estimate of drug-likeness (QED) is 0.830. The molecule has 0 saturated heterocycles. The van der Waals surface area contributed by atoms with Crippen LogP contribution in [0.1, 0.15) is 5.56 Å². The number of hydrogen-bond donors (Lipinski definition) is 1. The van der Waals surface area contributed by atoms with Crippen LogP contribution in [-0.2, 0) is 6.54 Å². The molecule has 0 aromatic heterocycles. The lowest BCUT2D eigenvalue weighted by atomic mass is 10.2. The number of aliphatic imine (C=N–C) groups is 1. The third kappa shape index (κ3) is 2.58. The monoisotopic (exact) mass is 221 g/mol. The molecule has 0 radical (unpaired) electrons. The van der Waals surface area contributed by atoms with Gasteiger partial charge in [0.15, 0.2) is 0 Å². The second kappa shape index (κ2) is 4.47. The normalized spacial score (nSPS) is 19.6. The van der Waals surface area contributed by atoms with Crippen LogP contribution in [0.3, 0.4) is 0 Å². The Labute approximate surface area is 93.9 Å². The molecule has 2 N–H and O–H groups in total. The van der Waals surface area contributed by atoms with Gasteiger partial charge >= 0.3 is 0 Å². The van der Waals surface area contributed by atoms with Crippen molar-refractivity contribution in [2.75, 3.05) is 0 Å². The Balaban J connectivity index is 2.05. The fraction of sp³-hybridized carbons (Fsp3) is 0.182. The van der Waals surface area contributed by atoms with Crippen LogP contribution >= 0.6 is 11.6 Å². The number of benzene rings is 1. The highest BCUT2D eigenvalue weighted by Crippen LogP contribution is 2.13. The Morgan fingerprint density at radius 2 is 2.07 bits per heavy atom. The van der Waals surface area contributed by atoms with E-state index in [0.29, 0.717) is 0 Å². The number of hydrogen-bond acceptors (Lipinski definition) is 3. The molecule has 0 spiro atoms.